The molecular weight excluding hydrogens is 212 g/mol. The Balaban J connectivity index is 2.31. The van der Waals surface area contributed by atoms with Crippen LogP contribution in [0.5, 0.6) is 0 Å². The van der Waals surface area contributed by atoms with E-state index in [1.807, 2.05) is 0 Å². The zero-order valence-corrected chi connectivity index (χ0v) is 12.3. The van der Waals surface area contributed by atoms with E-state index in [4.69, 9.17) is 4.74 Å². The predicted molar refractivity (Wildman–Crippen MR) is 73.4 cm³/mol. The van der Waals surface area contributed by atoms with Gasteiger partial charge in [-0.3, -0.25) is 4.90 Å². The van der Waals surface area contributed by atoms with Gasteiger partial charge in [0, 0.05) is 19.1 Å². The van der Waals surface area contributed by atoms with Crippen LogP contribution < -0.4 is 5.32 Å². The summed E-state index contributed by atoms with van der Waals surface area (Å²) in [5.41, 5.74) is -0.0124. The van der Waals surface area contributed by atoms with E-state index in [1.165, 1.54) is 13.0 Å². The van der Waals surface area contributed by atoms with Crippen LogP contribution in [0.4, 0.5) is 0 Å². The van der Waals surface area contributed by atoms with Gasteiger partial charge in [-0.1, -0.05) is 13.8 Å². The summed E-state index contributed by atoms with van der Waals surface area (Å²) in [6.45, 7) is 16.4. The van der Waals surface area contributed by atoms with Crippen molar-refractivity contribution in [2.24, 2.45) is 5.92 Å². The van der Waals surface area contributed by atoms with Gasteiger partial charge < -0.3 is 10.1 Å². The number of nitrogens with one attached hydrogen (secondary N) is 1. The molecule has 0 aliphatic carbocycles. The van der Waals surface area contributed by atoms with Gasteiger partial charge in [0.05, 0.1) is 12.2 Å². The summed E-state index contributed by atoms with van der Waals surface area (Å²) in [6.07, 6.45) is 1.25. The highest BCUT2D eigenvalue weighted by Crippen LogP contribution is 2.10. The van der Waals surface area contributed by atoms with Crippen molar-refractivity contribution < 1.29 is 4.74 Å². The Labute approximate surface area is 107 Å². The van der Waals surface area contributed by atoms with Crippen LogP contribution in [-0.4, -0.2) is 49.3 Å². The number of rotatable bonds is 4. The minimum atomic E-state index is -0.0124. The molecular formula is C14H30N2O. The lowest BCUT2D eigenvalue weighted by molar-refractivity contribution is -0.0134. The Hall–Kier alpha value is -0.120. The topological polar surface area (TPSA) is 24.5 Å². The average Bonchev–Trinajstić information content (AvgIpc) is 2.41. The Morgan fingerprint density at radius 3 is 2.65 bits per heavy atom. The molecule has 3 heteroatoms. The van der Waals surface area contributed by atoms with E-state index in [2.05, 4.69) is 44.8 Å². The van der Waals surface area contributed by atoms with E-state index in [0.29, 0.717) is 12.0 Å². The maximum atomic E-state index is 5.81. The molecule has 1 rings (SSSR count). The lowest BCUT2D eigenvalue weighted by atomic mass is 10.0. The number of hydrogen-bond donors (Lipinski definition) is 1. The first-order chi connectivity index (χ1) is 7.88. The zero-order valence-electron chi connectivity index (χ0n) is 12.3. The normalized spacial score (nSPS) is 24.0. The van der Waals surface area contributed by atoms with Gasteiger partial charge in [-0.15, -0.1) is 0 Å². The van der Waals surface area contributed by atoms with Gasteiger partial charge in [0.25, 0.3) is 0 Å². The molecule has 0 aromatic heterocycles. The predicted octanol–water partition coefficient (Wildman–Crippen LogP) is 2.12. The van der Waals surface area contributed by atoms with Crippen molar-refractivity contribution in [2.45, 2.75) is 52.7 Å². The molecule has 0 bridgehead atoms. The summed E-state index contributed by atoms with van der Waals surface area (Å²) in [5.74, 6) is 0.708. The molecule has 0 radical (unpaired) electrons. The van der Waals surface area contributed by atoms with Crippen molar-refractivity contribution in [2.75, 3.05) is 32.8 Å². The molecule has 102 valence electrons. The van der Waals surface area contributed by atoms with Crippen LogP contribution in [0.15, 0.2) is 0 Å². The van der Waals surface area contributed by atoms with Crippen molar-refractivity contribution in [3.8, 4) is 0 Å². The maximum absolute atomic E-state index is 5.81. The standard InChI is InChI=1S/C14H30N2O/c1-12(2)13-11-16(8-6-7-15-13)9-10-17-14(3,4)5/h12-13,15H,6-11H2,1-5H3. The van der Waals surface area contributed by atoms with Crippen LogP contribution in [0.25, 0.3) is 0 Å². The second-order valence-corrected chi connectivity index (χ2v) is 6.42. The van der Waals surface area contributed by atoms with Crippen molar-refractivity contribution in [3.05, 3.63) is 0 Å². The summed E-state index contributed by atoms with van der Waals surface area (Å²) in [4.78, 5) is 2.54. The average molecular weight is 242 g/mol. The smallest absolute Gasteiger partial charge is 0.0600 e. The third kappa shape index (κ3) is 6.39. The molecule has 0 spiro atoms. The lowest BCUT2D eigenvalue weighted by Gasteiger charge is -2.28. The molecule has 0 aromatic carbocycles. The zero-order chi connectivity index (χ0) is 12.9. The summed E-state index contributed by atoms with van der Waals surface area (Å²) in [5, 5.41) is 3.64. The molecule has 1 aliphatic rings. The summed E-state index contributed by atoms with van der Waals surface area (Å²) >= 11 is 0. The van der Waals surface area contributed by atoms with Gasteiger partial charge in [0.1, 0.15) is 0 Å². The van der Waals surface area contributed by atoms with Crippen LogP contribution in [0.3, 0.4) is 0 Å². The van der Waals surface area contributed by atoms with Crippen molar-refractivity contribution in [1.29, 1.82) is 0 Å². The first kappa shape index (κ1) is 14.9. The van der Waals surface area contributed by atoms with Gasteiger partial charge >= 0.3 is 0 Å². The second-order valence-electron chi connectivity index (χ2n) is 6.42. The Morgan fingerprint density at radius 1 is 1.35 bits per heavy atom. The summed E-state index contributed by atoms with van der Waals surface area (Å²) in [6, 6.07) is 0.632. The quantitative estimate of drug-likeness (QED) is 0.817. The van der Waals surface area contributed by atoms with Crippen LogP contribution in [0.2, 0.25) is 0 Å². The molecule has 1 atom stereocenters. The van der Waals surface area contributed by atoms with E-state index >= 15 is 0 Å². The molecule has 1 saturated heterocycles. The van der Waals surface area contributed by atoms with Crippen molar-refractivity contribution >= 4 is 0 Å². The van der Waals surface area contributed by atoms with Crippen LogP contribution >= 0.6 is 0 Å². The SMILES string of the molecule is CC(C)C1CN(CCOC(C)(C)C)CCCN1. The molecule has 17 heavy (non-hydrogen) atoms. The fourth-order valence-corrected chi connectivity index (χ4v) is 2.15. The Bertz CT molecular complexity index is 211. The highest BCUT2D eigenvalue weighted by atomic mass is 16.5. The molecule has 1 N–H and O–H groups in total. The fraction of sp³-hybridized carbons (Fsp3) is 1.00. The van der Waals surface area contributed by atoms with Gasteiger partial charge in [-0.25, -0.2) is 0 Å². The molecule has 3 nitrogen and oxygen atoms in total. The number of ether oxygens (including phenoxy) is 1. The Morgan fingerprint density at radius 2 is 2.06 bits per heavy atom. The third-order valence-corrected chi connectivity index (χ3v) is 3.26. The summed E-state index contributed by atoms with van der Waals surface area (Å²) < 4.78 is 5.81. The maximum Gasteiger partial charge on any atom is 0.0600 e. The van der Waals surface area contributed by atoms with Crippen LogP contribution in [0, 0.1) is 5.92 Å². The van der Waals surface area contributed by atoms with Crippen LogP contribution in [-0.2, 0) is 4.74 Å². The van der Waals surface area contributed by atoms with Crippen LogP contribution in [0.1, 0.15) is 41.0 Å². The van der Waals surface area contributed by atoms with E-state index < -0.39 is 0 Å². The van der Waals surface area contributed by atoms with Gasteiger partial charge in [-0.05, 0) is 46.2 Å². The highest BCUT2D eigenvalue weighted by molar-refractivity contribution is 4.78. The van der Waals surface area contributed by atoms with E-state index in [-0.39, 0.29) is 5.60 Å². The minimum Gasteiger partial charge on any atom is -0.375 e. The van der Waals surface area contributed by atoms with E-state index in [1.54, 1.807) is 0 Å². The fourth-order valence-electron chi connectivity index (χ4n) is 2.15. The minimum absolute atomic E-state index is 0.0124. The molecule has 0 amide bonds. The van der Waals surface area contributed by atoms with Gasteiger partial charge in [0.2, 0.25) is 0 Å². The molecule has 0 saturated carbocycles. The number of hydrogen-bond acceptors (Lipinski definition) is 3. The summed E-state index contributed by atoms with van der Waals surface area (Å²) in [7, 11) is 0. The number of nitrogens with zero attached hydrogens (tertiary/aromatic N) is 1. The first-order valence-electron chi connectivity index (χ1n) is 6.98. The van der Waals surface area contributed by atoms with Crippen molar-refractivity contribution in [3.63, 3.8) is 0 Å². The molecule has 1 fully saturated rings. The Kier molecular flexibility index (Phi) is 5.90. The van der Waals surface area contributed by atoms with E-state index in [0.717, 1.165) is 26.2 Å². The second kappa shape index (κ2) is 6.72. The monoisotopic (exact) mass is 242 g/mol. The van der Waals surface area contributed by atoms with Gasteiger partial charge in [0.15, 0.2) is 0 Å². The highest BCUT2D eigenvalue weighted by Gasteiger charge is 2.20. The molecule has 1 heterocycles. The third-order valence-electron chi connectivity index (χ3n) is 3.26. The van der Waals surface area contributed by atoms with Gasteiger partial charge in [-0.2, -0.15) is 0 Å². The molecule has 1 unspecified atom stereocenters. The van der Waals surface area contributed by atoms with Crippen molar-refractivity contribution in [1.82, 2.24) is 10.2 Å². The molecule has 0 aromatic rings. The molecule has 1 aliphatic heterocycles. The van der Waals surface area contributed by atoms with E-state index in [9.17, 15) is 0 Å². The first-order valence-corrected chi connectivity index (χ1v) is 6.98. The lowest BCUT2D eigenvalue weighted by Crippen LogP contribution is -2.42. The largest absolute Gasteiger partial charge is 0.375 e.